The SMILES string of the molecule is CC.CCOc1csc(C2(c3ccc(C(=O)Nc4cc(-c5ccc(F)cc5)ccc4N)cc3)CCOCC2)n1. The number of anilines is 2. The van der Waals surface area contributed by atoms with E-state index >= 15 is 0 Å². The lowest BCUT2D eigenvalue weighted by molar-refractivity contribution is 0.0628. The van der Waals surface area contributed by atoms with Crippen LogP contribution in [0, 0.1) is 5.82 Å². The Hall–Kier alpha value is -3.75. The fraction of sp³-hybridized carbons (Fsp3) is 0.290. The molecule has 1 aliphatic rings. The van der Waals surface area contributed by atoms with E-state index in [1.807, 2.05) is 56.5 Å². The van der Waals surface area contributed by atoms with E-state index in [0.29, 0.717) is 42.6 Å². The molecular weight excluding hydrogens is 513 g/mol. The van der Waals surface area contributed by atoms with Gasteiger partial charge in [-0.15, -0.1) is 11.3 Å². The lowest BCUT2D eigenvalue weighted by Crippen LogP contribution is -2.35. The molecule has 5 rings (SSSR count). The number of nitrogens with two attached hydrogens (primary N) is 1. The minimum atomic E-state index is -0.303. The number of aromatic nitrogens is 1. The van der Waals surface area contributed by atoms with Gasteiger partial charge in [-0.05, 0) is 72.9 Å². The average molecular weight is 548 g/mol. The van der Waals surface area contributed by atoms with Crippen LogP contribution in [0.3, 0.4) is 0 Å². The number of nitrogens with one attached hydrogen (secondary N) is 1. The molecule has 6 nitrogen and oxygen atoms in total. The Bertz CT molecular complexity index is 1380. The van der Waals surface area contributed by atoms with Crippen molar-refractivity contribution in [1.29, 1.82) is 0 Å². The molecule has 1 fully saturated rings. The van der Waals surface area contributed by atoms with Crippen molar-refractivity contribution in [3.63, 3.8) is 0 Å². The summed E-state index contributed by atoms with van der Waals surface area (Å²) >= 11 is 1.60. The number of hydrogen-bond acceptors (Lipinski definition) is 6. The number of carbonyl (C=O) groups excluding carboxylic acids is 1. The highest BCUT2D eigenvalue weighted by atomic mass is 32.1. The number of benzene rings is 3. The monoisotopic (exact) mass is 547 g/mol. The Morgan fingerprint density at radius 2 is 1.72 bits per heavy atom. The first-order valence-corrected chi connectivity index (χ1v) is 14.1. The molecule has 4 aromatic rings. The second kappa shape index (κ2) is 12.9. The molecule has 8 heteroatoms. The van der Waals surface area contributed by atoms with Crippen LogP contribution in [0.2, 0.25) is 0 Å². The van der Waals surface area contributed by atoms with Gasteiger partial charge in [0.05, 0.1) is 28.8 Å². The van der Waals surface area contributed by atoms with Crippen molar-refractivity contribution in [2.75, 3.05) is 30.9 Å². The predicted molar refractivity (Wildman–Crippen MR) is 156 cm³/mol. The van der Waals surface area contributed by atoms with Crippen molar-refractivity contribution in [2.45, 2.75) is 39.0 Å². The van der Waals surface area contributed by atoms with Crippen LogP contribution < -0.4 is 15.8 Å². The standard InChI is InChI=1S/C29H28FN3O3S.C2H6/c1-2-36-26-18-37-28(33-26)29(13-15-35-16-14-29)22-8-3-20(4-9-22)27(34)32-25-17-21(7-12-24(25)31)19-5-10-23(30)11-6-19;1-2/h3-12,17-18H,2,13-16,31H2,1H3,(H,32,34);1-2H3. The summed E-state index contributed by atoms with van der Waals surface area (Å²) in [5.41, 5.74) is 10.1. The summed E-state index contributed by atoms with van der Waals surface area (Å²) in [5, 5.41) is 5.87. The minimum absolute atomic E-state index is 0.261. The van der Waals surface area contributed by atoms with E-state index in [1.54, 1.807) is 35.6 Å². The van der Waals surface area contributed by atoms with Gasteiger partial charge in [0, 0.05) is 18.8 Å². The molecule has 1 aliphatic heterocycles. The second-order valence-electron chi connectivity index (χ2n) is 8.96. The van der Waals surface area contributed by atoms with Gasteiger partial charge >= 0.3 is 0 Å². The summed E-state index contributed by atoms with van der Waals surface area (Å²) in [6, 6.07) is 19.2. The van der Waals surface area contributed by atoms with Crippen LogP contribution in [-0.2, 0) is 10.2 Å². The summed E-state index contributed by atoms with van der Waals surface area (Å²) in [7, 11) is 0. The summed E-state index contributed by atoms with van der Waals surface area (Å²) in [5.74, 6) is 0.0801. The van der Waals surface area contributed by atoms with Crippen LogP contribution in [0.15, 0.2) is 72.1 Å². The molecule has 204 valence electrons. The molecule has 0 atom stereocenters. The Morgan fingerprint density at radius 3 is 2.38 bits per heavy atom. The minimum Gasteiger partial charge on any atom is -0.477 e. The Kier molecular flexibility index (Phi) is 9.32. The third-order valence-corrected chi connectivity index (χ3v) is 7.73. The molecule has 3 N–H and O–H groups in total. The Labute approximate surface area is 233 Å². The number of carbonyl (C=O) groups is 1. The van der Waals surface area contributed by atoms with Gasteiger partial charge in [-0.1, -0.05) is 44.2 Å². The van der Waals surface area contributed by atoms with E-state index in [-0.39, 0.29) is 17.1 Å². The van der Waals surface area contributed by atoms with E-state index in [2.05, 4.69) is 5.32 Å². The van der Waals surface area contributed by atoms with E-state index < -0.39 is 0 Å². The molecule has 1 saturated heterocycles. The van der Waals surface area contributed by atoms with Crippen molar-refractivity contribution in [3.05, 3.63) is 94.1 Å². The molecule has 0 radical (unpaired) electrons. The van der Waals surface area contributed by atoms with Crippen LogP contribution in [0.5, 0.6) is 5.88 Å². The summed E-state index contributed by atoms with van der Waals surface area (Å²) in [6.45, 7) is 7.81. The zero-order chi connectivity index (χ0) is 27.8. The third-order valence-electron chi connectivity index (χ3n) is 6.71. The largest absolute Gasteiger partial charge is 0.477 e. The van der Waals surface area contributed by atoms with E-state index in [1.165, 1.54) is 12.1 Å². The number of thiazole rings is 1. The van der Waals surface area contributed by atoms with Gasteiger partial charge in [0.25, 0.3) is 5.91 Å². The van der Waals surface area contributed by atoms with Crippen LogP contribution in [0.25, 0.3) is 11.1 Å². The topological polar surface area (TPSA) is 86.5 Å². The van der Waals surface area contributed by atoms with Crippen molar-refractivity contribution < 1.29 is 18.7 Å². The fourth-order valence-electron chi connectivity index (χ4n) is 4.66. The maximum Gasteiger partial charge on any atom is 0.255 e. The third kappa shape index (κ3) is 6.29. The number of nitrogen functional groups attached to an aromatic ring is 1. The fourth-order valence-corrected chi connectivity index (χ4v) is 5.68. The van der Waals surface area contributed by atoms with Crippen molar-refractivity contribution in [1.82, 2.24) is 4.98 Å². The van der Waals surface area contributed by atoms with E-state index in [4.69, 9.17) is 20.2 Å². The van der Waals surface area contributed by atoms with Crippen molar-refractivity contribution in [2.24, 2.45) is 0 Å². The van der Waals surface area contributed by atoms with Gasteiger partial charge in [0.1, 0.15) is 10.8 Å². The molecule has 2 heterocycles. The molecule has 39 heavy (non-hydrogen) atoms. The van der Waals surface area contributed by atoms with Crippen LogP contribution >= 0.6 is 11.3 Å². The highest BCUT2D eigenvalue weighted by Crippen LogP contribution is 2.43. The van der Waals surface area contributed by atoms with E-state index in [9.17, 15) is 9.18 Å². The first-order valence-electron chi connectivity index (χ1n) is 13.2. The number of hydrogen-bond donors (Lipinski definition) is 2. The number of nitrogens with zero attached hydrogens (tertiary/aromatic N) is 1. The van der Waals surface area contributed by atoms with Crippen LogP contribution in [-0.4, -0.2) is 30.7 Å². The van der Waals surface area contributed by atoms with Crippen molar-refractivity contribution >= 4 is 28.6 Å². The quantitative estimate of drug-likeness (QED) is 0.237. The zero-order valence-electron chi connectivity index (χ0n) is 22.5. The highest BCUT2D eigenvalue weighted by molar-refractivity contribution is 7.10. The summed E-state index contributed by atoms with van der Waals surface area (Å²) < 4.78 is 24.6. The van der Waals surface area contributed by atoms with Gasteiger partial charge in [-0.2, -0.15) is 0 Å². The van der Waals surface area contributed by atoms with Gasteiger partial charge in [-0.25, -0.2) is 9.37 Å². The molecule has 1 amide bonds. The van der Waals surface area contributed by atoms with Gasteiger partial charge in [-0.3, -0.25) is 4.79 Å². The molecular formula is C31H34FN3O3S. The van der Waals surface area contributed by atoms with Gasteiger partial charge in [0.15, 0.2) is 0 Å². The second-order valence-corrected chi connectivity index (χ2v) is 9.82. The smallest absolute Gasteiger partial charge is 0.255 e. The molecule has 0 bridgehead atoms. The van der Waals surface area contributed by atoms with Crippen LogP contribution in [0.4, 0.5) is 15.8 Å². The Morgan fingerprint density at radius 1 is 1.05 bits per heavy atom. The summed E-state index contributed by atoms with van der Waals surface area (Å²) in [6.07, 6.45) is 1.62. The number of ether oxygens (including phenoxy) is 2. The van der Waals surface area contributed by atoms with Crippen LogP contribution in [0.1, 0.15) is 54.5 Å². The predicted octanol–water partition coefficient (Wildman–Crippen LogP) is 7.31. The molecule has 3 aromatic carbocycles. The molecule has 0 spiro atoms. The lowest BCUT2D eigenvalue weighted by Gasteiger charge is -2.36. The molecule has 0 saturated carbocycles. The maximum atomic E-state index is 13.3. The van der Waals surface area contributed by atoms with Gasteiger partial charge in [0.2, 0.25) is 5.88 Å². The van der Waals surface area contributed by atoms with E-state index in [0.717, 1.165) is 34.5 Å². The maximum absolute atomic E-state index is 13.3. The zero-order valence-corrected chi connectivity index (χ0v) is 23.3. The lowest BCUT2D eigenvalue weighted by atomic mass is 9.74. The first kappa shape index (κ1) is 28.3. The first-order chi connectivity index (χ1) is 19.0. The highest BCUT2D eigenvalue weighted by Gasteiger charge is 2.39. The molecule has 0 unspecified atom stereocenters. The normalized spacial score (nSPS) is 14.2. The molecule has 0 aliphatic carbocycles. The number of amides is 1. The Balaban J connectivity index is 0.00000172. The molecule has 1 aromatic heterocycles. The number of rotatable bonds is 7. The van der Waals surface area contributed by atoms with Gasteiger partial charge < -0.3 is 20.5 Å². The summed E-state index contributed by atoms with van der Waals surface area (Å²) in [4.78, 5) is 17.9. The van der Waals surface area contributed by atoms with Crippen molar-refractivity contribution in [3.8, 4) is 17.0 Å². The number of halogens is 1. The average Bonchev–Trinajstić information content (AvgIpc) is 3.46.